The Hall–Kier alpha value is -4.10. The molecule has 0 unspecified atom stereocenters. The van der Waals surface area contributed by atoms with Crippen molar-refractivity contribution in [2.45, 2.75) is 25.7 Å². The highest BCUT2D eigenvalue weighted by Crippen LogP contribution is 2.56. The number of fused-ring (bicyclic) bond motifs is 12. The predicted molar refractivity (Wildman–Crippen MR) is 143 cm³/mol. The molecule has 164 valence electrons. The zero-order chi connectivity index (χ0) is 22.7. The summed E-state index contributed by atoms with van der Waals surface area (Å²) in [5, 5.41) is 0. The maximum atomic E-state index is 2.56. The van der Waals surface area contributed by atoms with Crippen molar-refractivity contribution in [3.05, 3.63) is 136 Å². The zero-order valence-corrected chi connectivity index (χ0v) is 19.4. The van der Waals surface area contributed by atoms with Crippen LogP contribution in [-0.2, 0) is 25.7 Å². The maximum absolute atomic E-state index is 2.56. The summed E-state index contributed by atoms with van der Waals surface area (Å²) in [7, 11) is 0. The third-order valence-corrected chi connectivity index (χ3v) is 8.74. The van der Waals surface area contributed by atoms with E-state index in [0.29, 0.717) is 0 Å². The van der Waals surface area contributed by atoms with Crippen molar-refractivity contribution in [2.75, 3.05) is 4.90 Å². The van der Waals surface area contributed by atoms with Gasteiger partial charge in [0.2, 0.25) is 0 Å². The van der Waals surface area contributed by atoms with E-state index >= 15 is 0 Å². The van der Waals surface area contributed by atoms with Crippen molar-refractivity contribution in [1.82, 2.24) is 0 Å². The van der Waals surface area contributed by atoms with E-state index in [1.54, 1.807) is 11.1 Å². The van der Waals surface area contributed by atoms with Crippen LogP contribution in [-0.4, -0.2) is 0 Å². The molecule has 0 aromatic heterocycles. The first-order valence-electron chi connectivity index (χ1n) is 12.7. The van der Waals surface area contributed by atoms with Gasteiger partial charge in [-0.05, 0) is 91.7 Å². The smallest absolute Gasteiger partial charge is 0.0539 e. The number of hydrogen-bond acceptors (Lipinski definition) is 1. The molecule has 0 saturated heterocycles. The molecule has 0 spiro atoms. The van der Waals surface area contributed by atoms with Crippen molar-refractivity contribution in [3.8, 4) is 22.3 Å². The first kappa shape index (κ1) is 18.3. The lowest BCUT2D eigenvalue weighted by molar-refractivity contribution is 1.01. The molecule has 5 aromatic rings. The van der Waals surface area contributed by atoms with Crippen molar-refractivity contribution >= 4 is 17.1 Å². The number of rotatable bonds is 0. The molecule has 2 aliphatic heterocycles. The lowest BCUT2D eigenvalue weighted by Crippen LogP contribution is -2.25. The van der Waals surface area contributed by atoms with Gasteiger partial charge in [0, 0.05) is 24.2 Å². The van der Waals surface area contributed by atoms with Crippen molar-refractivity contribution < 1.29 is 0 Å². The van der Waals surface area contributed by atoms with Crippen molar-refractivity contribution in [2.24, 2.45) is 0 Å². The van der Waals surface area contributed by atoms with Gasteiger partial charge in [0.05, 0.1) is 5.69 Å². The van der Waals surface area contributed by atoms with Crippen LogP contribution in [0.1, 0.15) is 44.5 Å². The Morgan fingerprint density at radius 3 is 1.86 bits per heavy atom. The fourth-order valence-corrected chi connectivity index (χ4v) is 7.34. The Kier molecular flexibility index (Phi) is 3.29. The van der Waals surface area contributed by atoms with Crippen LogP contribution in [0.5, 0.6) is 0 Å². The van der Waals surface area contributed by atoms with Crippen LogP contribution >= 0.6 is 0 Å². The molecular weight excluding hydrogens is 422 g/mol. The van der Waals surface area contributed by atoms with Gasteiger partial charge in [-0.3, -0.25) is 0 Å². The summed E-state index contributed by atoms with van der Waals surface area (Å²) >= 11 is 0. The molecule has 0 N–H and O–H groups in total. The number of hydrogen-bond donors (Lipinski definition) is 0. The van der Waals surface area contributed by atoms with Crippen LogP contribution in [0.2, 0.25) is 0 Å². The number of benzene rings is 5. The summed E-state index contributed by atoms with van der Waals surface area (Å²) in [6, 6.07) is 34.3. The Morgan fingerprint density at radius 1 is 0.429 bits per heavy atom. The monoisotopic (exact) mass is 445 g/mol. The van der Waals surface area contributed by atoms with Crippen LogP contribution in [0, 0.1) is 0 Å². The Labute approximate surface area is 205 Å². The van der Waals surface area contributed by atoms with E-state index in [1.165, 1.54) is 72.7 Å². The molecule has 0 amide bonds. The summed E-state index contributed by atoms with van der Waals surface area (Å²) in [4.78, 5) is 2.56. The van der Waals surface area contributed by atoms with Gasteiger partial charge in [0.1, 0.15) is 0 Å². The molecule has 0 atom stereocenters. The molecular formula is C34H23N. The van der Waals surface area contributed by atoms with E-state index in [0.717, 1.165) is 25.7 Å². The molecule has 0 radical (unpaired) electrons. The van der Waals surface area contributed by atoms with E-state index in [1.807, 2.05) is 0 Å². The third kappa shape index (κ3) is 2.24. The number of anilines is 3. The second-order valence-electron chi connectivity index (χ2n) is 10.5. The van der Waals surface area contributed by atoms with Crippen LogP contribution < -0.4 is 4.90 Å². The van der Waals surface area contributed by atoms with Crippen LogP contribution in [0.4, 0.5) is 17.1 Å². The summed E-state index contributed by atoms with van der Waals surface area (Å²) in [6.07, 6.45) is 4.16. The topological polar surface area (TPSA) is 3.24 Å². The van der Waals surface area contributed by atoms with Crippen LogP contribution in [0.25, 0.3) is 22.3 Å². The Morgan fingerprint density at radius 2 is 1.03 bits per heavy atom. The van der Waals surface area contributed by atoms with Gasteiger partial charge in [-0.1, -0.05) is 78.9 Å². The van der Waals surface area contributed by atoms with Gasteiger partial charge in [-0.15, -0.1) is 0 Å². The average molecular weight is 446 g/mol. The molecule has 2 aliphatic carbocycles. The minimum absolute atomic E-state index is 1.01. The highest BCUT2D eigenvalue weighted by Gasteiger charge is 2.37. The molecule has 9 rings (SSSR count). The van der Waals surface area contributed by atoms with E-state index in [2.05, 4.69) is 95.9 Å². The quantitative estimate of drug-likeness (QED) is 0.228. The molecule has 1 nitrogen and oxygen atoms in total. The molecule has 0 saturated carbocycles. The molecule has 1 heteroatoms. The minimum Gasteiger partial charge on any atom is -0.309 e. The second-order valence-corrected chi connectivity index (χ2v) is 10.5. The number of para-hydroxylation sites is 2. The van der Waals surface area contributed by atoms with Crippen molar-refractivity contribution in [1.29, 1.82) is 0 Å². The lowest BCUT2D eigenvalue weighted by atomic mass is 9.82. The Bertz CT molecular complexity index is 1740. The molecule has 4 aliphatic rings. The van der Waals surface area contributed by atoms with E-state index in [9.17, 15) is 0 Å². The second kappa shape index (κ2) is 6.31. The largest absolute Gasteiger partial charge is 0.309 e. The van der Waals surface area contributed by atoms with Gasteiger partial charge in [-0.2, -0.15) is 0 Å². The third-order valence-electron chi connectivity index (χ3n) is 8.74. The van der Waals surface area contributed by atoms with Gasteiger partial charge >= 0.3 is 0 Å². The van der Waals surface area contributed by atoms with Crippen molar-refractivity contribution in [3.63, 3.8) is 0 Å². The van der Waals surface area contributed by atoms with Gasteiger partial charge in [0.25, 0.3) is 0 Å². The Balaban J connectivity index is 1.32. The molecule has 35 heavy (non-hydrogen) atoms. The summed E-state index contributed by atoms with van der Waals surface area (Å²) in [5.41, 5.74) is 22.0. The van der Waals surface area contributed by atoms with Crippen LogP contribution in [0.15, 0.2) is 91.0 Å². The van der Waals surface area contributed by atoms with Crippen LogP contribution in [0.3, 0.4) is 0 Å². The van der Waals surface area contributed by atoms with E-state index in [-0.39, 0.29) is 0 Å². The van der Waals surface area contributed by atoms with Gasteiger partial charge < -0.3 is 4.90 Å². The average Bonchev–Trinajstić information content (AvgIpc) is 3.46. The van der Waals surface area contributed by atoms with Gasteiger partial charge in [-0.25, -0.2) is 0 Å². The first-order chi connectivity index (χ1) is 17.3. The fraction of sp³-hybridized carbons (Fsp3) is 0.118. The van der Waals surface area contributed by atoms with E-state index < -0.39 is 0 Å². The first-order valence-corrected chi connectivity index (χ1v) is 12.7. The standard InChI is InChI=1S/C34H23N/c1-4-10-25-20(7-1)17-28-26(25)13-14-27-29(28)19-23-16-24-15-21-8-2-5-11-31(21)35-32-12-6-3-9-22(32)18-30(33(23)27)34(24)35/h1-14,16H,15,17-19H2. The summed E-state index contributed by atoms with van der Waals surface area (Å²) in [5.74, 6) is 0. The number of nitrogens with zero attached hydrogens (tertiary/aromatic N) is 1. The lowest BCUT2D eigenvalue weighted by Gasteiger charge is -2.40. The highest BCUT2D eigenvalue weighted by atomic mass is 15.2. The SMILES string of the molecule is c1ccc2c(c1)Cc1c-2ccc2c1Cc1cc3c4c(c1-2)Cc1ccccc1N4c1ccccc1C3. The highest BCUT2D eigenvalue weighted by molar-refractivity contribution is 5.97. The maximum Gasteiger partial charge on any atom is 0.0539 e. The van der Waals surface area contributed by atoms with E-state index in [4.69, 9.17) is 0 Å². The molecule has 2 heterocycles. The zero-order valence-electron chi connectivity index (χ0n) is 19.4. The minimum atomic E-state index is 1.01. The predicted octanol–water partition coefficient (Wildman–Crippen LogP) is 8.11. The summed E-state index contributed by atoms with van der Waals surface area (Å²) < 4.78 is 0. The fourth-order valence-electron chi connectivity index (χ4n) is 7.34. The summed E-state index contributed by atoms with van der Waals surface area (Å²) in [6.45, 7) is 0. The molecule has 0 fully saturated rings. The van der Waals surface area contributed by atoms with Gasteiger partial charge in [0.15, 0.2) is 0 Å². The molecule has 5 aromatic carbocycles. The molecule has 0 bridgehead atoms. The normalized spacial score (nSPS) is 14.9.